The van der Waals surface area contributed by atoms with Crippen LogP contribution in [-0.2, 0) is 30.3 Å². The quantitative estimate of drug-likeness (QED) is 0.162. The van der Waals surface area contributed by atoms with E-state index in [0.29, 0.717) is 0 Å². The van der Waals surface area contributed by atoms with Gasteiger partial charge in [-0.3, -0.25) is 19.3 Å². The molecule has 3 N–H and O–H groups in total. The van der Waals surface area contributed by atoms with Crippen LogP contribution in [0.5, 0.6) is 0 Å². The van der Waals surface area contributed by atoms with Gasteiger partial charge in [0.05, 0.1) is 12.5 Å². The van der Waals surface area contributed by atoms with Crippen molar-refractivity contribution in [1.29, 1.82) is 0 Å². The van der Waals surface area contributed by atoms with Crippen molar-refractivity contribution in [2.24, 2.45) is 0 Å². The highest BCUT2D eigenvalue weighted by atomic mass is 16.6. The summed E-state index contributed by atoms with van der Waals surface area (Å²) in [5.74, 6) is -1.88. The lowest BCUT2D eigenvalue weighted by Gasteiger charge is -2.36. The predicted octanol–water partition coefficient (Wildman–Crippen LogP) is 6.32. The van der Waals surface area contributed by atoms with Crippen molar-refractivity contribution in [2.45, 2.75) is 120 Å². The lowest BCUT2D eigenvalue weighted by atomic mass is 9.98. The van der Waals surface area contributed by atoms with E-state index in [9.17, 15) is 24.3 Å². The maximum Gasteiger partial charge on any atom is 0.407 e. The van der Waals surface area contributed by atoms with Crippen molar-refractivity contribution in [3.05, 3.63) is 95.6 Å². The van der Waals surface area contributed by atoms with Crippen LogP contribution < -0.4 is 10.6 Å². The number of likely N-dealkylation sites (N-methyl/N-ethyl adjacent to an activating group) is 1. The summed E-state index contributed by atoms with van der Waals surface area (Å²) in [5, 5.41) is 16.8. The van der Waals surface area contributed by atoms with Crippen LogP contribution in [0.15, 0.2) is 78.9 Å². The van der Waals surface area contributed by atoms with E-state index in [4.69, 9.17) is 9.47 Å². The number of esters is 1. The Morgan fingerprint density at radius 3 is 2.00 bits per heavy atom. The molecule has 2 fully saturated rings. The summed E-state index contributed by atoms with van der Waals surface area (Å²) in [6.45, 7) is 3.27. The van der Waals surface area contributed by atoms with Crippen molar-refractivity contribution in [1.82, 2.24) is 20.4 Å². The minimum absolute atomic E-state index is 0.0272. The number of hydrogen-bond donors (Lipinski definition) is 3. The number of carbonyl (C=O) groups is 4. The number of nitrogens with one attached hydrogen (secondary N) is 2. The smallest absolute Gasteiger partial charge is 0.407 e. The Bertz CT molecular complexity index is 1730. The second kappa shape index (κ2) is 19.9. The van der Waals surface area contributed by atoms with Gasteiger partial charge in [0.25, 0.3) is 0 Å². The molecule has 6 rings (SSSR count). The average molecular weight is 767 g/mol. The number of amides is 3. The lowest BCUT2D eigenvalue weighted by Crippen LogP contribution is -2.59. The third-order valence-corrected chi connectivity index (χ3v) is 11.6. The van der Waals surface area contributed by atoms with Gasteiger partial charge in [-0.25, -0.2) is 4.79 Å². The number of hydrogen-bond acceptors (Lipinski definition) is 8. The molecule has 0 bridgehead atoms. The van der Waals surface area contributed by atoms with E-state index >= 15 is 0 Å². The van der Waals surface area contributed by atoms with Gasteiger partial charge < -0.3 is 30.1 Å². The van der Waals surface area contributed by atoms with Crippen molar-refractivity contribution in [3.63, 3.8) is 0 Å². The van der Waals surface area contributed by atoms with E-state index < -0.39 is 54.7 Å². The number of fused-ring (bicyclic) bond motifs is 3. The molecule has 11 heteroatoms. The number of piperidine rings is 1. The van der Waals surface area contributed by atoms with Crippen LogP contribution in [0.2, 0.25) is 0 Å². The number of alkyl carbamates (subject to hydrolysis) is 1. The summed E-state index contributed by atoms with van der Waals surface area (Å²) in [5.41, 5.74) is 5.09. The van der Waals surface area contributed by atoms with Crippen molar-refractivity contribution in [3.8, 4) is 11.1 Å². The molecule has 56 heavy (non-hydrogen) atoms. The summed E-state index contributed by atoms with van der Waals surface area (Å²) < 4.78 is 11.7. The van der Waals surface area contributed by atoms with Gasteiger partial charge in [-0.1, -0.05) is 105 Å². The zero-order valence-electron chi connectivity index (χ0n) is 32.9. The minimum atomic E-state index is -1.36. The van der Waals surface area contributed by atoms with Gasteiger partial charge in [0.15, 0.2) is 0 Å². The standard InChI is InChI=1S/C45H58N4O7/c1-31(43(52)49-26-16-7-17-27-49)46-42(51)40(28-32-18-8-6-9-19-32)48(2)44(53)39(29-41(50)56-33-20-10-4-3-5-11-21-33)47-45(54)55-30-38-36-24-14-12-22-34(36)35-23-13-15-25-37(35)38/h6,8-9,12-15,18-19,22-25,31,33,38-40,43,52H,3-5,7,10-11,16-17,20-21,26-30H2,1-2H3,(H,46,51)(H,47,54)/t31-,39-,40-,43?/m0/s1. The van der Waals surface area contributed by atoms with E-state index in [2.05, 4.69) is 22.8 Å². The predicted molar refractivity (Wildman–Crippen MR) is 215 cm³/mol. The molecule has 1 heterocycles. The lowest BCUT2D eigenvalue weighted by molar-refractivity contribution is -0.153. The van der Waals surface area contributed by atoms with Crippen LogP contribution in [0.25, 0.3) is 11.1 Å². The van der Waals surface area contributed by atoms with E-state index in [0.717, 1.165) is 98.7 Å². The number of nitrogens with zero attached hydrogens (tertiary/aromatic N) is 2. The van der Waals surface area contributed by atoms with Crippen LogP contribution in [0.1, 0.15) is 100 Å². The first-order valence-corrected chi connectivity index (χ1v) is 20.5. The molecular weight excluding hydrogens is 709 g/mol. The third kappa shape index (κ3) is 10.6. The highest BCUT2D eigenvalue weighted by molar-refractivity contribution is 5.93. The Morgan fingerprint density at radius 2 is 1.36 bits per heavy atom. The maximum atomic E-state index is 14.5. The summed E-state index contributed by atoms with van der Waals surface area (Å²) in [6.07, 6.45) is 7.60. The maximum absolute atomic E-state index is 14.5. The number of aliphatic hydroxyl groups is 1. The number of benzene rings is 3. The van der Waals surface area contributed by atoms with Crippen LogP contribution in [0.4, 0.5) is 4.79 Å². The van der Waals surface area contributed by atoms with Crippen LogP contribution >= 0.6 is 0 Å². The summed E-state index contributed by atoms with van der Waals surface area (Å²) in [4.78, 5) is 59.0. The molecule has 0 radical (unpaired) electrons. The van der Waals surface area contributed by atoms with Gasteiger partial charge in [0.2, 0.25) is 11.8 Å². The molecule has 0 aromatic heterocycles. The molecule has 3 aliphatic rings. The van der Waals surface area contributed by atoms with Gasteiger partial charge in [0.1, 0.15) is 31.0 Å². The summed E-state index contributed by atoms with van der Waals surface area (Å²) >= 11 is 0. The molecule has 3 amide bonds. The molecule has 11 nitrogen and oxygen atoms in total. The van der Waals surface area contributed by atoms with Gasteiger partial charge >= 0.3 is 12.1 Å². The zero-order chi connectivity index (χ0) is 39.4. The van der Waals surface area contributed by atoms with Gasteiger partial charge in [-0.2, -0.15) is 0 Å². The Hall–Kier alpha value is -4.74. The Kier molecular flexibility index (Phi) is 14.5. The average Bonchev–Trinajstić information content (AvgIpc) is 3.53. The summed E-state index contributed by atoms with van der Waals surface area (Å²) in [6, 6.07) is 22.4. The van der Waals surface area contributed by atoms with Crippen molar-refractivity contribution in [2.75, 3.05) is 26.7 Å². The molecule has 1 saturated heterocycles. The van der Waals surface area contributed by atoms with Gasteiger partial charge in [-0.05, 0) is 73.3 Å². The molecule has 300 valence electrons. The van der Waals surface area contributed by atoms with E-state index in [1.165, 1.54) is 18.4 Å². The van der Waals surface area contributed by atoms with Crippen molar-refractivity contribution >= 4 is 23.9 Å². The summed E-state index contributed by atoms with van der Waals surface area (Å²) in [7, 11) is 1.51. The van der Waals surface area contributed by atoms with Crippen LogP contribution in [-0.4, -0.2) is 96.0 Å². The topological polar surface area (TPSA) is 138 Å². The van der Waals surface area contributed by atoms with E-state index in [-0.39, 0.29) is 25.0 Å². The Labute approximate surface area is 331 Å². The fourth-order valence-electron chi connectivity index (χ4n) is 8.46. The monoisotopic (exact) mass is 766 g/mol. The third-order valence-electron chi connectivity index (χ3n) is 11.6. The Balaban J connectivity index is 1.19. The molecule has 3 aromatic rings. The number of aliphatic hydroxyl groups excluding tert-OH is 1. The Morgan fingerprint density at radius 1 is 0.786 bits per heavy atom. The highest BCUT2D eigenvalue weighted by Crippen LogP contribution is 2.44. The molecule has 2 aliphatic carbocycles. The molecule has 3 aromatic carbocycles. The van der Waals surface area contributed by atoms with Crippen molar-refractivity contribution < 1.29 is 33.8 Å². The molecule has 1 saturated carbocycles. The zero-order valence-corrected chi connectivity index (χ0v) is 32.9. The number of carbonyl (C=O) groups excluding carboxylic acids is 4. The van der Waals surface area contributed by atoms with E-state index in [1.807, 2.05) is 71.6 Å². The first-order valence-electron chi connectivity index (χ1n) is 20.5. The first-order chi connectivity index (χ1) is 27.2. The van der Waals surface area contributed by atoms with Crippen LogP contribution in [0.3, 0.4) is 0 Å². The molecule has 4 atom stereocenters. The van der Waals surface area contributed by atoms with Gasteiger partial charge in [-0.15, -0.1) is 0 Å². The molecular formula is C45H58N4O7. The van der Waals surface area contributed by atoms with Gasteiger partial charge in [0, 0.05) is 32.5 Å². The SMILES string of the molecule is C[C@H](NC(=O)[C@H](Cc1ccccc1)N(C)C(=O)[C@H](CC(=O)OC1CCCCCCC1)NC(=O)OCC1c2ccccc2-c2ccccc21)C(O)N1CCCCC1. The number of rotatable bonds is 14. The normalized spacial score (nSPS) is 18.5. The molecule has 1 aliphatic heterocycles. The molecule has 0 spiro atoms. The largest absolute Gasteiger partial charge is 0.462 e. The first kappa shape index (κ1) is 40.9. The fraction of sp³-hybridized carbons (Fsp3) is 0.511. The molecule has 1 unspecified atom stereocenters. The number of likely N-dealkylation sites (tertiary alicyclic amines) is 1. The van der Waals surface area contributed by atoms with Crippen LogP contribution in [0, 0.1) is 0 Å². The number of ether oxygens (including phenoxy) is 2. The highest BCUT2D eigenvalue weighted by Gasteiger charge is 2.37. The minimum Gasteiger partial charge on any atom is -0.462 e. The second-order valence-corrected chi connectivity index (χ2v) is 15.6. The fourth-order valence-corrected chi connectivity index (χ4v) is 8.46. The second-order valence-electron chi connectivity index (χ2n) is 15.6. The van der Waals surface area contributed by atoms with E-state index in [1.54, 1.807) is 6.92 Å².